The summed E-state index contributed by atoms with van der Waals surface area (Å²) < 4.78 is 0. The number of hydrogen-bond acceptors (Lipinski definition) is 2. The number of hydrogen-bond donors (Lipinski definition) is 1. The number of nitrogens with zero attached hydrogens (tertiary/aromatic N) is 1. The minimum Gasteiger partial charge on any atom is -0.390 e. The zero-order valence-electron chi connectivity index (χ0n) is 9.76. The van der Waals surface area contributed by atoms with Crippen LogP contribution in [0.5, 0.6) is 0 Å². The van der Waals surface area contributed by atoms with E-state index in [1.165, 1.54) is 0 Å². The number of pyridine rings is 1. The van der Waals surface area contributed by atoms with Gasteiger partial charge in [-0.25, -0.2) is 0 Å². The van der Waals surface area contributed by atoms with Crippen molar-refractivity contribution in [3.8, 4) is 11.5 Å². The lowest BCUT2D eigenvalue weighted by Crippen LogP contribution is -2.16. The van der Waals surface area contributed by atoms with Crippen LogP contribution in [0, 0.1) is 18.4 Å². The van der Waals surface area contributed by atoms with Crippen molar-refractivity contribution in [2.24, 2.45) is 0 Å². The van der Waals surface area contributed by atoms with Crippen LogP contribution in [-0.4, -0.2) is 18.2 Å². The third-order valence-electron chi connectivity index (χ3n) is 1.75. The summed E-state index contributed by atoms with van der Waals surface area (Å²) in [5.41, 5.74) is 5.84. The lowest BCUT2D eigenvalue weighted by molar-refractivity contribution is 0.276. The summed E-state index contributed by atoms with van der Waals surface area (Å²) in [6.45, 7) is 8.52. The Morgan fingerprint density at radius 1 is 1.33 bits per heavy atom. The van der Waals surface area contributed by atoms with Gasteiger partial charge in [0.05, 0.1) is 12.3 Å². The van der Waals surface area contributed by atoms with E-state index in [0.29, 0.717) is 5.69 Å². The normalized spacial score (nSPS) is 10.7. The first-order valence-corrected chi connectivity index (χ1v) is 8.52. The highest BCUT2D eigenvalue weighted by Crippen LogP contribution is 2.05. The van der Waals surface area contributed by atoms with Gasteiger partial charge in [-0.15, -0.1) is 5.54 Å². The Morgan fingerprint density at radius 2 is 2.00 bits per heavy atom. The Hall–Kier alpha value is -1.11. The monoisotopic (exact) mass is 219 g/mol. The molecular formula is C12H17NOSi. The van der Waals surface area contributed by atoms with Crippen LogP contribution in [-0.2, 0) is 6.61 Å². The van der Waals surface area contributed by atoms with Crippen LogP contribution >= 0.6 is 0 Å². The van der Waals surface area contributed by atoms with Crippen LogP contribution in [0.25, 0.3) is 0 Å². The molecule has 0 radical (unpaired) electrons. The molecule has 1 heterocycles. The molecular weight excluding hydrogens is 202 g/mol. The predicted molar refractivity (Wildman–Crippen MR) is 65.1 cm³/mol. The first kappa shape index (κ1) is 12.0. The van der Waals surface area contributed by atoms with Crippen molar-refractivity contribution < 1.29 is 5.11 Å². The molecule has 1 aromatic heterocycles. The fourth-order valence-electron chi connectivity index (χ4n) is 1.15. The number of aliphatic hydroxyl groups is 1. The minimum atomic E-state index is -1.33. The molecule has 0 spiro atoms. The average Bonchev–Trinajstić information content (AvgIpc) is 2.13. The maximum atomic E-state index is 9.01. The maximum absolute atomic E-state index is 9.01. The van der Waals surface area contributed by atoms with Gasteiger partial charge in [0, 0.05) is 11.3 Å². The van der Waals surface area contributed by atoms with Gasteiger partial charge in [-0.2, -0.15) is 0 Å². The van der Waals surface area contributed by atoms with Crippen molar-refractivity contribution in [1.29, 1.82) is 0 Å². The van der Waals surface area contributed by atoms with Crippen LogP contribution in [0.2, 0.25) is 19.6 Å². The van der Waals surface area contributed by atoms with Crippen molar-refractivity contribution in [2.75, 3.05) is 0 Å². The Bertz CT molecular complexity index is 410. The van der Waals surface area contributed by atoms with Crippen molar-refractivity contribution in [2.45, 2.75) is 33.2 Å². The van der Waals surface area contributed by atoms with E-state index in [1.54, 1.807) is 0 Å². The highest BCUT2D eigenvalue weighted by Gasteiger charge is 2.07. The molecule has 0 aliphatic carbocycles. The van der Waals surface area contributed by atoms with E-state index < -0.39 is 8.07 Å². The van der Waals surface area contributed by atoms with Gasteiger partial charge < -0.3 is 5.11 Å². The van der Waals surface area contributed by atoms with Gasteiger partial charge in [-0.05, 0) is 19.1 Å². The third-order valence-corrected chi connectivity index (χ3v) is 2.63. The van der Waals surface area contributed by atoms with Crippen molar-refractivity contribution in [3.63, 3.8) is 0 Å². The Balaban J connectivity index is 3.04. The van der Waals surface area contributed by atoms with Gasteiger partial charge in [-0.1, -0.05) is 25.6 Å². The molecule has 0 fully saturated rings. The minimum absolute atomic E-state index is 0.0245. The quantitative estimate of drug-likeness (QED) is 0.579. The lowest BCUT2D eigenvalue weighted by Gasteiger charge is -2.04. The molecule has 1 N–H and O–H groups in total. The summed E-state index contributed by atoms with van der Waals surface area (Å²) in [5, 5.41) is 9.01. The van der Waals surface area contributed by atoms with Gasteiger partial charge in [0.2, 0.25) is 0 Å². The fraction of sp³-hybridized carbons (Fsp3) is 0.417. The van der Waals surface area contributed by atoms with Gasteiger partial charge in [0.15, 0.2) is 0 Å². The number of aromatic nitrogens is 1. The topological polar surface area (TPSA) is 33.1 Å². The summed E-state index contributed by atoms with van der Waals surface area (Å²) in [5.74, 6) is 3.16. The van der Waals surface area contributed by atoms with Gasteiger partial charge in [-0.3, -0.25) is 4.98 Å². The summed E-state index contributed by atoms with van der Waals surface area (Å²) in [4.78, 5) is 4.19. The lowest BCUT2D eigenvalue weighted by atomic mass is 10.2. The largest absolute Gasteiger partial charge is 0.390 e. The van der Waals surface area contributed by atoms with Crippen LogP contribution in [0.15, 0.2) is 12.1 Å². The van der Waals surface area contributed by atoms with E-state index in [0.717, 1.165) is 11.3 Å². The molecule has 15 heavy (non-hydrogen) atoms. The molecule has 0 saturated carbocycles. The van der Waals surface area contributed by atoms with Crippen molar-refractivity contribution in [1.82, 2.24) is 4.98 Å². The predicted octanol–water partition coefficient (Wildman–Crippen LogP) is 2.11. The molecule has 1 rings (SSSR count). The summed E-state index contributed by atoms with van der Waals surface area (Å²) in [6.07, 6.45) is 0. The molecule has 0 aromatic carbocycles. The molecule has 80 valence electrons. The Kier molecular flexibility index (Phi) is 3.67. The number of aryl methyl sites for hydroxylation is 1. The first-order valence-electron chi connectivity index (χ1n) is 5.02. The number of aliphatic hydroxyl groups excluding tert-OH is 1. The van der Waals surface area contributed by atoms with Gasteiger partial charge in [0.25, 0.3) is 0 Å². The van der Waals surface area contributed by atoms with E-state index in [-0.39, 0.29) is 6.61 Å². The smallest absolute Gasteiger partial charge is 0.129 e. The van der Waals surface area contributed by atoms with Crippen LogP contribution < -0.4 is 0 Å². The van der Waals surface area contributed by atoms with Crippen LogP contribution in [0.4, 0.5) is 0 Å². The van der Waals surface area contributed by atoms with E-state index in [2.05, 4.69) is 36.1 Å². The second-order valence-electron chi connectivity index (χ2n) is 4.65. The van der Waals surface area contributed by atoms with Crippen molar-refractivity contribution in [3.05, 3.63) is 29.1 Å². The molecule has 3 heteroatoms. The summed E-state index contributed by atoms with van der Waals surface area (Å²) in [6, 6.07) is 3.80. The van der Waals surface area contributed by atoms with E-state index in [1.807, 2.05) is 19.1 Å². The van der Waals surface area contributed by atoms with E-state index in [4.69, 9.17) is 5.11 Å². The van der Waals surface area contributed by atoms with E-state index >= 15 is 0 Å². The highest BCUT2D eigenvalue weighted by atomic mass is 28.3. The second kappa shape index (κ2) is 4.60. The Morgan fingerprint density at radius 3 is 2.53 bits per heavy atom. The third kappa shape index (κ3) is 4.28. The molecule has 0 bridgehead atoms. The Labute approximate surface area is 92.4 Å². The van der Waals surface area contributed by atoms with E-state index in [9.17, 15) is 0 Å². The molecule has 0 amide bonds. The standard InChI is InChI=1S/C12H17NOSi/c1-10-7-11(5-6-15(2,3)4)8-12(9-14)13-10/h7-8,14H,9H2,1-4H3. The molecule has 1 aromatic rings. The average molecular weight is 219 g/mol. The van der Waals surface area contributed by atoms with Crippen LogP contribution in [0.1, 0.15) is 17.0 Å². The summed E-state index contributed by atoms with van der Waals surface area (Å²) in [7, 11) is -1.33. The second-order valence-corrected chi connectivity index (χ2v) is 9.40. The fourth-order valence-corrected chi connectivity index (χ4v) is 1.67. The molecule has 0 aliphatic heterocycles. The molecule has 2 nitrogen and oxygen atoms in total. The van der Waals surface area contributed by atoms with Gasteiger partial charge >= 0.3 is 0 Å². The zero-order chi connectivity index (χ0) is 11.5. The van der Waals surface area contributed by atoms with Gasteiger partial charge in [0.1, 0.15) is 8.07 Å². The first-order chi connectivity index (χ1) is 6.90. The van der Waals surface area contributed by atoms with Crippen molar-refractivity contribution >= 4 is 8.07 Å². The van der Waals surface area contributed by atoms with Crippen LogP contribution in [0.3, 0.4) is 0 Å². The number of rotatable bonds is 1. The zero-order valence-corrected chi connectivity index (χ0v) is 10.8. The molecule has 0 aliphatic rings. The maximum Gasteiger partial charge on any atom is 0.129 e. The summed E-state index contributed by atoms with van der Waals surface area (Å²) >= 11 is 0. The molecule has 0 saturated heterocycles. The molecule has 0 atom stereocenters. The highest BCUT2D eigenvalue weighted by molar-refractivity contribution is 6.83. The SMILES string of the molecule is Cc1cc(C#C[Si](C)(C)C)cc(CO)n1. The molecule has 0 unspecified atom stereocenters.